The lowest BCUT2D eigenvalue weighted by atomic mass is 9.90. The van der Waals surface area contributed by atoms with Crippen LogP contribution in [0.2, 0.25) is 5.02 Å². The highest BCUT2D eigenvalue weighted by Gasteiger charge is 2.43. The molecular weight excluding hydrogens is 492 g/mol. The summed E-state index contributed by atoms with van der Waals surface area (Å²) in [4.78, 5) is 25.7. The first-order chi connectivity index (χ1) is 18.1. The average molecular weight is 529 g/mol. The normalized spacial score (nSPS) is 22.2. The van der Waals surface area contributed by atoms with Gasteiger partial charge in [0, 0.05) is 56.3 Å². The number of hydrogen-bond acceptors (Lipinski definition) is 7. The molecule has 1 saturated carbocycles. The lowest BCUT2D eigenvalue weighted by Gasteiger charge is -2.32. The number of morpholine rings is 1. The van der Waals surface area contributed by atoms with Crippen LogP contribution in [0.3, 0.4) is 0 Å². The number of rotatable bonds is 10. The molecule has 0 bridgehead atoms. The van der Waals surface area contributed by atoms with Crippen molar-refractivity contribution >= 4 is 23.5 Å². The van der Waals surface area contributed by atoms with Gasteiger partial charge in [-0.2, -0.15) is 0 Å². The number of ether oxygens (including phenoxy) is 3. The largest absolute Gasteiger partial charge is 0.494 e. The molecule has 1 aromatic heterocycles. The maximum Gasteiger partial charge on any atom is 0.227 e. The standard InChI is InChI=1S/C28H37ClN4O4/c1-35-19-20-17-30-28(31-18-20)33-7-4-21(5-8-33)25-14-22(25)6-11-37-24-3-2-23(26(29)16-24)15-27(34)32-9-12-36-13-10-32/h2-3,16-18,21-22,25H,4-15,19H2,1H3/t22-,25-/m0/s1. The zero-order valence-corrected chi connectivity index (χ0v) is 22.4. The van der Waals surface area contributed by atoms with Crippen LogP contribution in [0.1, 0.15) is 36.8 Å². The number of benzene rings is 1. The third-order valence-corrected chi connectivity index (χ3v) is 8.25. The average Bonchev–Trinajstić information content (AvgIpc) is 3.71. The number of anilines is 1. The van der Waals surface area contributed by atoms with Gasteiger partial charge in [0.25, 0.3) is 0 Å². The van der Waals surface area contributed by atoms with Crippen LogP contribution in [-0.4, -0.2) is 73.9 Å². The van der Waals surface area contributed by atoms with Crippen molar-refractivity contribution in [2.75, 3.05) is 58.0 Å². The Labute approximate surface area is 224 Å². The van der Waals surface area contributed by atoms with Crippen molar-refractivity contribution in [2.45, 2.75) is 38.7 Å². The fourth-order valence-electron chi connectivity index (χ4n) is 5.64. The van der Waals surface area contributed by atoms with Gasteiger partial charge >= 0.3 is 0 Å². The van der Waals surface area contributed by atoms with Crippen molar-refractivity contribution < 1.29 is 19.0 Å². The Morgan fingerprint density at radius 1 is 1.14 bits per heavy atom. The molecule has 2 aliphatic heterocycles. The highest BCUT2D eigenvalue weighted by molar-refractivity contribution is 6.31. The molecule has 2 saturated heterocycles. The molecule has 37 heavy (non-hydrogen) atoms. The van der Waals surface area contributed by atoms with E-state index in [0.717, 1.165) is 60.1 Å². The number of aromatic nitrogens is 2. The molecule has 1 aliphatic carbocycles. The maximum absolute atomic E-state index is 12.5. The van der Waals surface area contributed by atoms with E-state index >= 15 is 0 Å². The molecule has 0 radical (unpaired) electrons. The molecular formula is C28H37ClN4O4. The number of carbonyl (C=O) groups is 1. The Morgan fingerprint density at radius 3 is 2.59 bits per heavy atom. The molecule has 0 spiro atoms. The Morgan fingerprint density at radius 2 is 1.89 bits per heavy atom. The van der Waals surface area contributed by atoms with Crippen molar-refractivity contribution in [1.82, 2.24) is 14.9 Å². The van der Waals surface area contributed by atoms with Crippen LogP contribution in [0.25, 0.3) is 0 Å². The Hall–Kier alpha value is -2.42. The van der Waals surface area contributed by atoms with Crippen molar-refractivity contribution in [3.63, 3.8) is 0 Å². The Kier molecular flexibility index (Phi) is 8.79. The Balaban J connectivity index is 1.01. The SMILES string of the molecule is COCc1cnc(N2CCC([C@@H]3C[C@@H]3CCOc3ccc(CC(=O)N4CCOCC4)c(Cl)c3)CC2)nc1. The van der Waals surface area contributed by atoms with Gasteiger partial charge in [-0.25, -0.2) is 9.97 Å². The first-order valence-corrected chi connectivity index (χ1v) is 13.8. The molecule has 8 nitrogen and oxygen atoms in total. The predicted molar refractivity (Wildman–Crippen MR) is 142 cm³/mol. The minimum Gasteiger partial charge on any atom is -0.494 e. The molecule has 3 heterocycles. The van der Waals surface area contributed by atoms with E-state index in [0.29, 0.717) is 51.0 Å². The van der Waals surface area contributed by atoms with Crippen molar-refractivity contribution in [2.24, 2.45) is 17.8 Å². The minimum absolute atomic E-state index is 0.0944. The van der Waals surface area contributed by atoms with E-state index in [-0.39, 0.29) is 5.91 Å². The molecule has 2 aromatic rings. The lowest BCUT2D eigenvalue weighted by molar-refractivity contribution is -0.134. The maximum atomic E-state index is 12.5. The number of carbonyl (C=O) groups excluding carboxylic acids is 1. The highest BCUT2D eigenvalue weighted by atomic mass is 35.5. The van der Waals surface area contributed by atoms with Gasteiger partial charge < -0.3 is 24.0 Å². The zero-order chi connectivity index (χ0) is 25.6. The fourth-order valence-corrected chi connectivity index (χ4v) is 5.87. The topological polar surface area (TPSA) is 77.0 Å². The first kappa shape index (κ1) is 26.2. The third-order valence-electron chi connectivity index (χ3n) is 7.90. The van der Waals surface area contributed by atoms with Crippen LogP contribution in [0.4, 0.5) is 5.95 Å². The van der Waals surface area contributed by atoms with E-state index in [2.05, 4.69) is 14.9 Å². The minimum atomic E-state index is 0.0944. The van der Waals surface area contributed by atoms with Crippen LogP contribution in [0.5, 0.6) is 5.75 Å². The molecule has 3 fully saturated rings. The quantitative estimate of drug-likeness (QED) is 0.461. The second kappa shape index (κ2) is 12.4. The van der Waals surface area contributed by atoms with E-state index in [1.807, 2.05) is 35.5 Å². The van der Waals surface area contributed by atoms with Gasteiger partial charge in [0.05, 0.1) is 32.8 Å². The highest BCUT2D eigenvalue weighted by Crippen LogP contribution is 2.49. The first-order valence-electron chi connectivity index (χ1n) is 13.4. The van der Waals surface area contributed by atoms with E-state index < -0.39 is 0 Å². The zero-order valence-electron chi connectivity index (χ0n) is 21.6. The van der Waals surface area contributed by atoms with Gasteiger partial charge in [0.1, 0.15) is 5.75 Å². The summed E-state index contributed by atoms with van der Waals surface area (Å²) in [6, 6.07) is 5.68. The summed E-state index contributed by atoms with van der Waals surface area (Å²) in [5, 5.41) is 0.590. The van der Waals surface area contributed by atoms with Gasteiger partial charge in [-0.3, -0.25) is 4.79 Å². The van der Waals surface area contributed by atoms with E-state index in [9.17, 15) is 4.79 Å². The number of nitrogens with zero attached hydrogens (tertiary/aromatic N) is 4. The van der Waals surface area contributed by atoms with Crippen molar-refractivity contribution in [3.05, 3.63) is 46.7 Å². The van der Waals surface area contributed by atoms with Crippen LogP contribution in [-0.2, 0) is 27.3 Å². The van der Waals surface area contributed by atoms with Crippen LogP contribution in [0, 0.1) is 17.8 Å². The van der Waals surface area contributed by atoms with E-state index in [1.54, 1.807) is 7.11 Å². The molecule has 0 unspecified atom stereocenters. The number of amides is 1. The summed E-state index contributed by atoms with van der Waals surface area (Å²) in [7, 11) is 1.68. The molecule has 5 rings (SSSR count). The van der Waals surface area contributed by atoms with Gasteiger partial charge in [-0.1, -0.05) is 17.7 Å². The second-order valence-corrected chi connectivity index (χ2v) is 10.8. The molecule has 1 aromatic carbocycles. The number of hydrogen-bond donors (Lipinski definition) is 0. The van der Waals surface area contributed by atoms with Crippen LogP contribution in [0.15, 0.2) is 30.6 Å². The second-order valence-electron chi connectivity index (χ2n) is 10.4. The Bertz CT molecular complexity index is 1040. The van der Waals surface area contributed by atoms with Crippen molar-refractivity contribution in [1.29, 1.82) is 0 Å². The smallest absolute Gasteiger partial charge is 0.227 e. The van der Waals surface area contributed by atoms with Crippen molar-refractivity contribution in [3.8, 4) is 5.75 Å². The summed E-state index contributed by atoms with van der Waals surface area (Å²) in [5.41, 5.74) is 1.84. The van der Waals surface area contributed by atoms with Gasteiger partial charge in [-0.15, -0.1) is 0 Å². The molecule has 1 amide bonds. The molecule has 0 N–H and O–H groups in total. The molecule has 9 heteroatoms. The molecule has 2 atom stereocenters. The van der Waals surface area contributed by atoms with Gasteiger partial charge in [0.15, 0.2) is 0 Å². The number of methoxy groups -OCH3 is 1. The fraction of sp³-hybridized carbons (Fsp3) is 0.607. The van der Waals surface area contributed by atoms with E-state index in [4.69, 9.17) is 25.8 Å². The summed E-state index contributed by atoms with van der Waals surface area (Å²) < 4.78 is 16.5. The molecule has 200 valence electrons. The summed E-state index contributed by atoms with van der Waals surface area (Å²) in [5.74, 6) is 4.04. The van der Waals surface area contributed by atoms with E-state index in [1.165, 1.54) is 19.3 Å². The summed E-state index contributed by atoms with van der Waals surface area (Å²) >= 11 is 6.47. The van der Waals surface area contributed by atoms with Gasteiger partial charge in [0.2, 0.25) is 11.9 Å². The number of halogens is 1. The monoisotopic (exact) mass is 528 g/mol. The summed E-state index contributed by atoms with van der Waals surface area (Å²) in [6.45, 7) is 5.79. The lowest BCUT2D eigenvalue weighted by Crippen LogP contribution is -2.41. The van der Waals surface area contributed by atoms with Gasteiger partial charge in [-0.05, 0) is 61.1 Å². The summed E-state index contributed by atoms with van der Waals surface area (Å²) in [6.07, 6.45) is 8.81. The third kappa shape index (κ3) is 6.92. The van der Waals surface area contributed by atoms with Crippen LogP contribution >= 0.6 is 11.6 Å². The van der Waals surface area contributed by atoms with Crippen LogP contribution < -0.4 is 9.64 Å². The number of piperidine rings is 1. The molecule has 3 aliphatic rings. The predicted octanol–water partition coefficient (Wildman–Crippen LogP) is 4.00.